The lowest BCUT2D eigenvalue weighted by atomic mass is 9.70. The van der Waals surface area contributed by atoms with E-state index in [-0.39, 0.29) is 248 Å². The summed E-state index contributed by atoms with van der Waals surface area (Å²) in [6.07, 6.45) is 36.5. The first-order chi connectivity index (χ1) is 70.9. The van der Waals surface area contributed by atoms with Crippen molar-refractivity contribution in [1.29, 1.82) is 0 Å². The molecule has 10 rings (SSSR count). The number of hydrogen-bond acceptors (Lipinski definition) is 2. The van der Waals surface area contributed by atoms with Crippen molar-refractivity contribution in [3.05, 3.63) is 174 Å². The van der Waals surface area contributed by atoms with E-state index in [4.69, 9.17) is 4.42 Å². The summed E-state index contributed by atoms with van der Waals surface area (Å²) >= 11 is 0. The molecule has 836 valence electrons. The number of fused-ring (bicyclic) bond motifs is 9. The third kappa shape index (κ3) is 44.9. The van der Waals surface area contributed by atoms with Crippen molar-refractivity contribution < 1.29 is 4.42 Å². The molecule has 73 heteroatoms. The number of hydrogen-bond donors (Lipinski definition) is 0. The molecule has 0 spiro atoms. The maximum atomic E-state index is 6.30. The van der Waals surface area contributed by atoms with Crippen LogP contribution >= 0.6 is 567 Å². The highest BCUT2D eigenvalue weighted by Crippen LogP contribution is 3.51. The van der Waals surface area contributed by atoms with Crippen LogP contribution < -0.4 is 4.90 Å². The van der Waals surface area contributed by atoms with Gasteiger partial charge in [-0.1, -0.05) is 299 Å². The molecule has 0 N–H and O–H groups in total. The minimum Gasteiger partial charge on any atom is -0.456 e. The Morgan fingerprint density at radius 3 is 0.758 bits per heavy atom. The van der Waals surface area contributed by atoms with Crippen LogP contribution in [-0.2, 0) is 10.8 Å². The van der Waals surface area contributed by atoms with Crippen molar-refractivity contribution in [2.75, 3.05) is 4.90 Å². The smallest absolute Gasteiger partial charge is 0.135 e. The molecule has 41 atom stereocenters. The van der Waals surface area contributed by atoms with Crippen LogP contribution in [0, 0.1) is 0 Å². The van der Waals surface area contributed by atoms with Gasteiger partial charge < -0.3 is 9.32 Å². The summed E-state index contributed by atoms with van der Waals surface area (Å²) in [5, 5.41) is 2.34. The molecular formula is C76H166NOP71. The van der Waals surface area contributed by atoms with Gasteiger partial charge in [-0.3, -0.25) is 0 Å². The molecule has 8 aromatic rings. The number of anilines is 3. The lowest BCUT2D eigenvalue weighted by Crippen LogP contribution is -2.26. The summed E-state index contributed by atoms with van der Waals surface area (Å²) in [7, 11) is 132. The summed E-state index contributed by atoms with van der Waals surface area (Å²) in [6, 6.07) is 59.1. The van der Waals surface area contributed by atoms with Crippen molar-refractivity contribution in [3.8, 4) is 33.4 Å². The van der Waals surface area contributed by atoms with E-state index in [2.05, 4.69) is 506 Å². The molecule has 41 unspecified atom stereocenters. The Hall–Kier alpha value is 24.7. The highest BCUT2D eigenvalue weighted by Gasteiger charge is 2.64. The second-order valence-electron chi connectivity index (χ2n) is 35.1. The van der Waals surface area contributed by atoms with Gasteiger partial charge in [0.25, 0.3) is 0 Å². The van der Waals surface area contributed by atoms with E-state index >= 15 is 0 Å². The zero-order valence-corrected chi connectivity index (χ0v) is 158. The zero-order chi connectivity index (χ0) is 110. The van der Waals surface area contributed by atoms with Crippen LogP contribution in [0.4, 0.5) is 17.1 Å². The SMILES string of the molecule is CCCCCCCCC1(CCCCCCCC)c2ccccc2-c2c(N(c3ccc(-c4ccc5oc6ccccc6c5c4)cc3)c3cccc4c3-c3ccccc3C4(CCCCCCCC)CCCCCCCC)cccc21.PPP(P)P(P(P)P)P(P(P(P(P)P)P(P)P)P(P(P)P)P(P)P)P(P(P(P(P)P)P(P)P)P(P(P)P)P(P)P)P(P(P(P(P)P)P(P)P)P(P(P)P)P(P)P)P(P(P(P)P)P(P)P)P(P(P)P)P(P)P. The van der Waals surface area contributed by atoms with Crippen molar-refractivity contribution in [2.45, 2.75) is 218 Å². The summed E-state index contributed by atoms with van der Waals surface area (Å²) < 4.78 is 6.30. The largest absolute Gasteiger partial charge is 0.456 e. The Morgan fingerprint density at radius 1 is 0.228 bits per heavy atom. The number of benzene rings is 7. The van der Waals surface area contributed by atoms with Gasteiger partial charge in [-0.25, -0.2) is 0 Å². The van der Waals surface area contributed by atoms with Gasteiger partial charge in [0.15, 0.2) is 0 Å². The lowest BCUT2D eigenvalue weighted by molar-refractivity contribution is 0.398. The average Bonchev–Trinajstić information content (AvgIpc) is 1.57. The van der Waals surface area contributed by atoms with E-state index in [1.165, 1.54) is 241 Å². The Labute approximate surface area is 1030 Å². The molecule has 2 aliphatic rings. The second-order valence-corrected chi connectivity index (χ2v) is 327. The van der Waals surface area contributed by atoms with E-state index in [0.717, 1.165) is 19.1 Å². The number of nitrogens with zero attached hydrogens (tertiary/aromatic N) is 1. The van der Waals surface area contributed by atoms with Gasteiger partial charge in [-0.15, -0.1) is 321 Å². The Morgan fingerprint density at radius 2 is 0.470 bits per heavy atom. The van der Waals surface area contributed by atoms with Gasteiger partial charge in [0.1, 0.15) is 11.2 Å². The van der Waals surface area contributed by atoms with E-state index < -0.39 is 0 Å². The van der Waals surface area contributed by atoms with Gasteiger partial charge in [0.2, 0.25) is 0 Å². The maximum Gasteiger partial charge on any atom is 0.135 e. The number of para-hydroxylation sites is 1. The molecule has 0 amide bonds. The van der Waals surface area contributed by atoms with Crippen LogP contribution in [0.15, 0.2) is 156 Å². The third-order valence-corrected chi connectivity index (χ3v) is 524. The normalized spacial score (nSPS) is 15.0. The van der Waals surface area contributed by atoms with E-state index in [9.17, 15) is 0 Å². The molecule has 0 saturated heterocycles. The molecule has 0 radical (unpaired) electrons. The molecule has 2 aliphatic carbocycles. The van der Waals surface area contributed by atoms with Crippen molar-refractivity contribution in [2.24, 2.45) is 0 Å². The minimum absolute atomic E-state index is 0.0163. The summed E-state index contributed by atoms with van der Waals surface area (Å²) in [4.78, 5) is 2.72. The summed E-state index contributed by atoms with van der Waals surface area (Å²) in [6.45, 7) is -0.430. The van der Waals surface area contributed by atoms with Crippen LogP contribution in [0.5, 0.6) is 0 Å². The fourth-order valence-corrected chi connectivity index (χ4v) is 1050. The standard InChI is InChI=1S/C76H93NO.H73P71/c1-5-9-13-17-21-31-53-75(54-32-22-18-14-10-6-2)65-40-28-25-38-62(65)73-67(75)42-35-44-69(73)77(60-50-47-58(48-51-60)59-49-52-72-64(57-59)61-37-27-30-46-71(61)78-72)70-45-36-43-68-74(70)63-39-26-29-41-66(63)76(68,55-33-23-19-15-11-7-3)56-34-24-20-16-12-8-4;1-37-55(36)64(54(34)35)69(65(56(38(2)3)39(4)5)57(40(6)7)41(8)9)71(68(62(50(26)27)51(28)29)63(52(30)31)53(32)33)70(66(58(42(10)11)43(12)13)59(44(14)15)45(16)17)67(60(46(18)19)47(20)21)61(48(22)23)49(24)25/h25-30,35-52,57H,5-24,31-34,53-56H2,1-4H3;37H,1-36H2. The first-order valence-electron chi connectivity index (χ1n) is 48.0. The Bertz CT molecular complexity index is 4880. The molecule has 1 aromatic heterocycles. The van der Waals surface area contributed by atoms with Crippen LogP contribution in [0.25, 0.3) is 55.3 Å². The predicted molar refractivity (Wildman–Crippen MR) is 931 cm³/mol. The van der Waals surface area contributed by atoms with Gasteiger partial charge in [-0.05, 0) is 350 Å². The molecule has 0 fully saturated rings. The summed E-state index contributed by atoms with van der Waals surface area (Å²) in [5.74, 6) is 0. The quantitative estimate of drug-likeness (QED) is 0.0279. The van der Waals surface area contributed by atoms with E-state index in [1.807, 2.05) is 0 Å². The molecule has 7 aromatic carbocycles. The molecular weight excluding hydrogens is 3140 g/mol. The first-order valence-corrected chi connectivity index (χ1v) is 177. The van der Waals surface area contributed by atoms with Crippen LogP contribution in [0.2, 0.25) is 0 Å². The lowest BCUT2D eigenvalue weighted by Gasteiger charge is -2.61. The van der Waals surface area contributed by atoms with Crippen LogP contribution in [0.1, 0.15) is 230 Å². The highest BCUT2D eigenvalue weighted by atomic mass is 33.6. The molecule has 0 saturated carbocycles. The fourth-order valence-electron chi connectivity index (χ4n) is 18.9. The monoisotopic (exact) mass is 3310 g/mol. The predicted octanol–water partition coefficient (Wildman–Crippen LogP) is 65.9. The van der Waals surface area contributed by atoms with Crippen LogP contribution in [0.3, 0.4) is 0 Å². The highest BCUT2D eigenvalue weighted by molar-refractivity contribution is 9.56. The minimum atomic E-state index is -0.367. The van der Waals surface area contributed by atoms with Crippen molar-refractivity contribution in [1.82, 2.24) is 0 Å². The third-order valence-electron chi connectivity index (χ3n) is 24.9. The zero-order valence-electron chi connectivity index (χ0n) is 85.1. The molecule has 1 heterocycles. The Balaban J connectivity index is 0.000000333. The molecule has 149 heavy (non-hydrogen) atoms. The molecule has 0 aliphatic heterocycles. The van der Waals surface area contributed by atoms with Crippen molar-refractivity contribution in [3.63, 3.8) is 0 Å². The fraction of sp³-hybridized carbons (Fsp3) is 0.447. The Kier molecular flexibility index (Phi) is 87.4. The summed E-state index contributed by atoms with van der Waals surface area (Å²) in [5.41, 5.74) is 20.1. The number of furan rings is 1. The van der Waals surface area contributed by atoms with E-state index in [0.29, 0.717) is 0 Å². The van der Waals surface area contributed by atoms with Gasteiger partial charge in [0.05, 0.1) is 11.4 Å². The molecule has 0 bridgehead atoms. The van der Waals surface area contributed by atoms with Gasteiger partial charge >= 0.3 is 0 Å². The van der Waals surface area contributed by atoms with Crippen molar-refractivity contribution >= 4 is 606 Å². The van der Waals surface area contributed by atoms with Crippen LogP contribution in [-0.4, -0.2) is 0 Å². The van der Waals surface area contributed by atoms with Gasteiger partial charge in [-0.2, -0.15) is 0 Å². The number of unbranched alkanes of at least 4 members (excludes halogenated alkanes) is 20. The van der Waals surface area contributed by atoms with Gasteiger partial charge in [0, 0.05) is 38.4 Å². The maximum absolute atomic E-state index is 6.30. The molecule has 2 nitrogen and oxygen atoms in total. The number of rotatable bonds is 66. The average molecular weight is 3310 g/mol. The topological polar surface area (TPSA) is 16.4 Å². The first kappa shape index (κ1) is 157. The van der Waals surface area contributed by atoms with E-state index in [1.54, 1.807) is 22.3 Å². The second kappa shape index (κ2) is 83.0.